The first-order valence-corrected chi connectivity index (χ1v) is 15.4. The minimum atomic E-state index is -5.09. The molecular formula is C27H24N6O10S2. The van der Waals surface area contributed by atoms with E-state index in [2.05, 4.69) is 20.5 Å². The Kier molecular flexibility index (Phi) is 9.43. The maximum Gasteiger partial charge on any atom is 0.296 e. The fourth-order valence-corrected chi connectivity index (χ4v) is 5.22. The molecule has 16 nitrogen and oxygen atoms in total. The SMILES string of the molecule is Cc1cc(N=Nc2c(S(=O)(=O)O)cc3cc(S(=O)(=O)O)c(N)cc3c2O)c(OCC(O)CO)cc1N=Nc1ccc(C#N)cc1. The Morgan fingerprint density at radius 2 is 1.53 bits per heavy atom. The zero-order chi connectivity index (χ0) is 33.1. The van der Waals surface area contributed by atoms with Gasteiger partial charge in [0.25, 0.3) is 20.2 Å². The monoisotopic (exact) mass is 656 g/mol. The van der Waals surface area contributed by atoms with Gasteiger partial charge < -0.3 is 25.8 Å². The van der Waals surface area contributed by atoms with Crippen LogP contribution in [0.5, 0.6) is 11.5 Å². The van der Waals surface area contributed by atoms with Gasteiger partial charge in [-0.1, -0.05) is 0 Å². The van der Waals surface area contributed by atoms with Crippen molar-refractivity contribution in [2.45, 2.75) is 22.8 Å². The van der Waals surface area contributed by atoms with E-state index in [1.807, 2.05) is 6.07 Å². The molecule has 0 aliphatic heterocycles. The second-order valence-corrected chi connectivity index (χ2v) is 12.2. The molecule has 0 saturated carbocycles. The molecule has 18 heteroatoms. The van der Waals surface area contributed by atoms with Crippen molar-refractivity contribution in [3.05, 3.63) is 65.7 Å². The van der Waals surface area contributed by atoms with E-state index in [1.54, 1.807) is 31.2 Å². The molecule has 1 unspecified atom stereocenters. The maximum atomic E-state index is 12.2. The van der Waals surface area contributed by atoms with Crippen LogP contribution in [0.1, 0.15) is 11.1 Å². The number of phenols is 1. The van der Waals surface area contributed by atoms with Crippen LogP contribution in [-0.2, 0) is 20.2 Å². The number of nitrogens with zero attached hydrogens (tertiary/aromatic N) is 5. The third-order valence-corrected chi connectivity index (χ3v) is 7.96. The smallest absolute Gasteiger partial charge is 0.296 e. The normalized spacial score (nSPS) is 13.0. The molecule has 0 heterocycles. The van der Waals surface area contributed by atoms with E-state index in [-0.39, 0.29) is 27.9 Å². The Balaban J connectivity index is 1.84. The third kappa shape index (κ3) is 7.55. The zero-order valence-corrected chi connectivity index (χ0v) is 24.7. The first kappa shape index (κ1) is 32.9. The van der Waals surface area contributed by atoms with E-state index in [0.717, 1.165) is 18.2 Å². The maximum absolute atomic E-state index is 12.2. The predicted octanol–water partition coefficient (Wildman–Crippen LogP) is 4.36. The van der Waals surface area contributed by atoms with Gasteiger partial charge in [0.2, 0.25) is 0 Å². The lowest BCUT2D eigenvalue weighted by Gasteiger charge is -2.14. The summed E-state index contributed by atoms with van der Waals surface area (Å²) in [7, 11) is -9.92. The molecule has 0 bridgehead atoms. The number of aryl methyl sites for hydroxylation is 1. The molecule has 7 N–H and O–H groups in total. The molecule has 4 aromatic rings. The van der Waals surface area contributed by atoms with Crippen LogP contribution in [0.15, 0.2) is 84.8 Å². The Labute approximate surface area is 255 Å². The summed E-state index contributed by atoms with van der Waals surface area (Å²) in [5.74, 6) is -0.901. The number of aliphatic hydroxyl groups is 2. The topological polar surface area (TPSA) is 278 Å². The van der Waals surface area contributed by atoms with Gasteiger partial charge in [0.1, 0.15) is 39.6 Å². The van der Waals surface area contributed by atoms with Gasteiger partial charge in [-0.15, -0.1) is 10.2 Å². The Bertz CT molecular complexity index is 2110. The molecule has 0 aliphatic rings. The van der Waals surface area contributed by atoms with Crippen LogP contribution >= 0.6 is 0 Å². The van der Waals surface area contributed by atoms with Crippen LogP contribution in [0.4, 0.5) is 28.4 Å². The van der Waals surface area contributed by atoms with Gasteiger partial charge in [-0.05, 0) is 66.4 Å². The summed E-state index contributed by atoms with van der Waals surface area (Å²) in [6.07, 6.45) is -1.28. The molecule has 0 fully saturated rings. The standard InChI is InChI=1S/C27H24N6O10S2/c1-14-6-22(23(43-13-18(35)12-34)10-21(14)31-30-17-4-2-15(11-28)3-5-17)32-33-26-25(45(40,41)42)8-16-7-24(44(37,38)39)20(29)9-19(16)27(26)36/h2-10,18,34-36H,12-13,29H2,1H3,(H,37,38,39)(H,40,41,42). The molecule has 0 aliphatic carbocycles. The van der Waals surface area contributed by atoms with Gasteiger partial charge in [-0.25, -0.2) is 0 Å². The summed E-state index contributed by atoms with van der Waals surface area (Å²) in [4.78, 5) is -1.71. The molecule has 0 saturated heterocycles. The highest BCUT2D eigenvalue weighted by Gasteiger charge is 2.25. The molecule has 0 radical (unpaired) electrons. The fourth-order valence-electron chi connectivity index (χ4n) is 3.93. The average molecular weight is 657 g/mol. The number of nitrogen functional groups attached to an aromatic ring is 1. The summed E-state index contributed by atoms with van der Waals surface area (Å²) in [5, 5.41) is 54.6. The molecular weight excluding hydrogens is 632 g/mol. The van der Waals surface area contributed by atoms with E-state index in [1.165, 1.54) is 12.1 Å². The third-order valence-electron chi connectivity index (χ3n) is 6.18. The Hall–Kier alpha value is -5.03. The number of nitrogens with two attached hydrogens (primary N) is 1. The van der Waals surface area contributed by atoms with E-state index >= 15 is 0 Å². The predicted molar refractivity (Wildman–Crippen MR) is 159 cm³/mol. The number of benzene rings is 4. The van der Waals surface area contributed by atoms with Crippen LogP contribution in [-0.4, -0.2) is 60.6 Å². The summed E-state index contributed by atoms with van der Waals surface area (Å²) in [5.41, 5.74) is 6.07. The molecule has 0 spiro atoms. The number of aromatic hydroxyl groups is 1. The van der Waals surface area contributed by atoms with Gasteiger partial charge in [0.15, 0.2) is 5.75 Å². The van der Waals surface area contributed by atoms with E-state index < -0.39 is 66.5 Å². The van der Waals surface area contributed by atoms with Gasteiger partial charge >= 0.3 is 0 Å². The van der Waals surface area contributed by atoms with Crippen LogP contribution < -0.4 is 10.5 Å². The minimum Gasteiger partial charge on any atom is -0.505 e. The first-order chi connectivity index (χ1) is 21.1. The van der Waals surface area contributed by atoms with Crippen LogP contribution in [0.2, 0.25) is 0 Å². The van der Waals surface area contributed by atoms with Crippen molar-refractivity contribution in [2.24, 2.45) is 20.5 Å². The van der Waals surface area contributed by atoms with Crippen molar-refractivity contribution >= 4 is 59.4 Å². The molecule has 0 amide bonds. The summed E-state index contributed by atoms with van der Waals surface area (Å²) in [6, 6.07) is 13.6. The Morgan fingerprint density at radius 3 is 2.13 bits per heavy atom. The number of fused-ring (bicyclic) bond motifs is 1. The lowest BCUT2D eigenvalue weighted by Crippen LogP contribution is -2.21. The van der Waals surface area contributed by atoms with E-state index in [4.69, 9.17) is 15.7 Å². The van der Waals surface area contributed by atoms with E-state index in [9.17, 15) is 41.3 Å². The van der Waals surface area contributed by atoms with Crippen molar-refractivity contribution in [3.63, 3.8) is 0 Å². The minimum absolute atomic E-state index is 0.0543. The van der Waals surface area contributed by atoms with Gasteiger partial charge in [-0.3, -0.25) is 9.11 Å². The number of hydrogen-bond acceptors (Lipinski definition) is 14. The number of nitriles is 1. The summed E-state index contributed by atoms with van der Waals surface area (Å²) >= 11 is 0. The van der Waals surface area contributed by atoms with Gasteiger partial charge in [0, 0.05) is 11.5 Å². The van der Waals surface area contributed by atoms with Crippen molar-refractivity contribution in [3.8, 4) is 17.6 Å². The second kappa shape index (κ2) is 12.9. The lowest BCUT2D eigenvalue weighted by molar-refractivity contribution is 0.0538. The first-order valence-electron chi connectivity index (χ1n) is 12.6. The van der Waals surface area contributed by atoms with Crippen LogP contribution in [0, 0.1) is 18.3 Å². The quantitative estimate of drug-likeness (QED) is 0.0788. The number of anilines is 1. The van der Waals surface area contributed by atoms with Crippen molar-refractivity contribution in [2.75, 3.05) is 18.9 Å². The number of rotatable bonds is 10. The number of phenolic OH excluding ortho intramolecular Hbond substituents is 1. The number of ether oxygens (including phenoxy) is 1. The highest BCUT2D eigenvalue weighted by Crippen LogP contribution is 2.44. The molecule has 0 aromatic heterocycles. The van der Waals surface area contributed by atoms with Gasteiger partial charge in [0.05, 0.1) is 35.3 Å². The van der Waals surface area contributed by atoms with Crippen LogP contribution in [0.25, 0.3) is 10.8 Å². The lowest BCUT2D eigenvalue weighted by atomic mass is 10.1. The molecule has 45 heavy (non-hydrogen) atoms. The molecule has 1 atom stereocenters. The van der Waals surface area contributed by atoms with Crippen molar-refractivity contribution in [1.82, 2.24) is 0 Å². The molecule has 4 aromatic carbocycles. The highest BCUT2D eigenvalue weighted by atomic mass is 32.2. The highest BCUT2D eigenvalue weighted by molar-refractivity contribution is 7.86. The molecule has 4 rings (SSSR count). The number of aliphatic hydroxyl groups excluding tert-OH is 2. The number of hydrogen-bond donors (Lipinski definition) is 6. The molecule has 234 valence electrons. The fraction of sp³-hybridized carbons (Fsp3) is 0.148. The average Bonchev–Trinajstić information content (AvgIpc) is 2.98. The van der Waals surface area contributed by atoms with Crippen molar-refractivity contribution < 1.29 is 46.0 Å². The zero-order valence-electron chi connectivity index (χ0n) is 23.1. The van der Waals surface area contributed by atoms with Crippen molar-refractivity contribution in [1.29, 1.82) is 5.26 Å². The summed E-state index contributed by atoms with van der Waals surface area (Å²) < 4.78 is 72.7. The van der Waals surface area contributed by atoms with Gasteiger partial charge in [-0.2, -0.15) is 32.3 Å². The summed E-state index contributed by atoms with van der Waals surface area (Å²) in [6.45, 7) is 0.603. The van der Waals surface area contributed by atoms with E-state index in [0.29, 0.717) is 16.8 Å². The second-order valence-electron chi connectivity index (χ2n) is 9.45. The number of azo groups is 2. The van der Waals surface area contributed by atoms with Crippen LogP contribution in [0.3, 0.4) is 0 Å². The largest absolute Gasteiger partial charge is 0.505 e. The Morgan fingerprint density at radius 1 is 0.911 bits per heavy atom.